The minimum absolute atomic E-state index is 0.212. The number of hydrogen-bond donors (Lipinski definition) is 1. The summed E-state index contributed by atoms with van der Waals surface area (Å²) >= 11 is 0. The summed E-state index contributed by atoms with van der Waals surface area (Å²) in [4.78, 5) is 3.83. The molecule has 0 radical (unpaired) electrons. The molecule has 0 unspecified atom stereocenters. The molecule has 1 saturated carbocycles. The number of halogens is 3. The molecule has 0 saturated heterocycles. The van der Waals surface area contributed by atoms with Crippen molar-refractivity contribution in [1.29, 1.82) is 0 Å². The van der Waals surface area contributed by atoms with Crippen LogP contribution in [0.15, 0.2) is 36.7 Å². The van der Waals surface area contributed by atoms with E-state index in [0.717, 1.165) is 31.2 Å². The fourth-order valence-corrected chi connectivity index (χ4v) is 2.69. The summed E-state index contributed by atoms with van der Waals surface area (Å²) in [6.45, 7) is 1.86. The summed E-state index contributed by atoms with van der Waals surface area (Å²) in [5.41, 5.74) is 1.01. The van der Waals surface area contributed by atoms with E-state index in [0.29, 0.717) is 11.1 Å². The first-order valence-electron chi connectivity index (χ1n) is 7.36. The third-order valence-electron chi connectivity index (χ3n) is 4.04. The SMILES string of the molecule is C[C@@H](N[C@H](c1cc(F)ccc1F)C1CC1)c1cncc(F)c1. The van der Waals surface area contributed by atoms with Crippen molar-refractivity contribution < 1.29 is 13.2 Å². The minimum Gasteiger partial charge on any atom is -0.303 e. The summed E-state index contributed by atoms with van der Waals surface area (Å²) in [6.07, 6.45) is 4.66. The van der Waals surface area contributed by atoms with Gasteiger partial charge in [-0.3, -0.25) is 4.98 Å². The molecule has 1 aromatic heterocycles. The van der Waals surface area contributed by atoms with Crippen LogP contribution in [-0.4, -0.2) is 4.98 Å². The molecule has 22 heavy (non-hydrogen) atoms. The Morgan fingerprint density at radius 3 is 2.55 bits per heavy atom. The van der Waals surface area contributed by atoms with Crippen molar-refractivity contribution in [3.05, 3.63) is 65.2 Å². The van der Waals surface area contributed by atoms with E-state index in [1.807, 2.05) is 6.92 Å². The van der Waals surface area contributed by atoms with E-state index < -0.39 is 17.5 Å². The Balaban J connectivity index is 1.84. The van der Waals surface area contributed by atoms with E-state index in [-0.39, 0.29) is 18.0 Å². The molecule has 0 bridgehead atoms. The van der Waals surface area contributed by atoms with Crippen LogP contribution >= 0.6 is 0 Å². The van der Waals surface area contributed by atoms with Gasteiger partial charge < -0.3 is 5.32 Å². The van der Waals surface area contributed by atoms with Crippen LogP contribution in [0.3, 0.4) is 0 Å². The smallest absolute Gasteiger partial charge is 0.141 e. The molecular weight excluding hydrogens is 289 g/mol. The summed E-state index contributed by atoms with van der Waals surface area (Å²) in [7, 11) is 0. The molecule has 1 aromatic carbocycles. The molecule has 2 atom stereocenters. The molecule has 1 aliphatic rings. The van der Waals surface area contributed by atoms with E-state index in [1.165, 1.54) is 12.1 Å². The Hall–Kier alpha value is -1.88. The lowest BCUT2D eigenvalue weighted by Gasteiger charge is -2.24. The zero-order valence-electron chi connectivity index (χ0n) is 12.2. The lowest BCUT2D eigenvalue weighted by molar-refractivity contribution is 0.408. The Bertz CT molecular complexity index is 671. The first kappa shape index (κ1) is 15.0. The number of aromatic nitrogens is 1. The number of nitrogens with one attached hydrogen (secondary N) is 1. The number of nitrogens with zero attached hydrogens (tertiary/aromatic N) is 1. The van der Waals surface area contributed by atoms with Crippen molar-refractivity contribution in [2.24, 2.45) is 5.92 Å². The van der Waals surface area contributed by atoms with Gasteiger partial charge in [-0.15, -0.1) is 0 Å². The van der Waals surface area contributed by atoms with Gasteiger partial charge in [-0.2, -0.15) is 0 Å². The largest absolute Gasteiger partial charge is 0.303 e. The van der Waals surface area contributed by atoms with Gasteiger partial charge >= 0.3 is 0 Å². The van der Waals surface area contributed by atoms with Crippen LogP contribution < -0.4 is 5.32 Å². The van der Waals surface area contributed by atoms with Crippen molar-refractivity contribution >= 4 is 0 Å². The molecule has 0 aliphatic heterocycles. The van der Waals surface area contributed by atoms with Gasteiger partial charge in [0.15, 0.2) is 0 Å². The summed E-state index contributed by atoms with van der Waals surface area (Å²) in [5.74, 6) is -1.01. The second kappa shape index (κ2) is 6.08. The summed E-state index contributed by atoms with van der Waals surface area (Å²) in [6, 6.07) is 4.41. The Kier molecular flexibility index (Phi) is 4.16. The predicted octanol–water partition coefficient (Wildman–Crippen LogP) is 4.30. The van der Waals surface area contributed by atoms with E-state index in [1.54, 1.807) is 6.20 Å². The molecule has 2 nitrogen and oxygen atoms in total. The quantitative estimate of drug-likeness (QED) is 0.891. The van der Waals surface area contributed by atoms with Crippen LogP contribution in [0, 0.1) is 23.4 Å². The average Bonchev–Trinajstić information content (AvgIpc) is 3.32. The van der Waals surface area contributed by atoms with E-state index in [9.17, 15) is 13.2 Å². The van der Waals surface area contributed by atoms with Gasteiger partial charge in [-0.25, -0.2) is 13.2 Å². The van der Waals surface area contributed by atoms with Crippen LogP contribution in [-0.2, 0) is 0 Å². The molecule has 1 N–H and O–H groups in total. The highest BCUT2D eigenvalue weighted by Gasteiger charge is 2.35. The molecule has 0 amide bonds. The number of hydrogen-bond acceptors (Lipinski definition) is 2. The maximum Gasteiger partial charge on any atom is 0.141 e. The fourth-order valence-electron chi connectivity index (χ4n) is 2.69. The highest BCUT2D eigenvalue weighted by Crippen LogP contribution is 2.43. The Morgan fingerprint density at radius 2 is 1.86 bits per heavy atom. The van der Waals surface area contributed by atoms with Crippen molar-refractivity contribution in [1.82, 2.24) is 10.3 Å². The molecule has 0 spiro atoms. The summed E-state index contributed by atoms with van der Waals surface area (Å²) < 4.78 is 40.8. The van der Waals surface area contributed by atoms with Crippen molar-refractivity contribution in [2.45, 2.75) is 31.8 Å². The zero-order chi connectivity index (χ0) is 15.7. The van der Waals surface area contributed by atoms with Crippen LogP contribution in [0.25, 0.3) is 0 Å². The van der Waals surface area contributed by atoms with E-state index >= 15 is 0 Å². The molecule has 1 heterocycles. The van der Waals surface area contributed by atoms with Crippen molar-refractivity contribution in [2.75, 3.05) is 0 Å². The minimum atomic E-state index is -0.455. The average molecular weight is 306 g/mol. The van der Waals surface area contributed by atoms with Gasteiger partial charge in [-0.1, -0.05) is 0 Å². The van der Waals surface area contributed by atoms with Gasteiger partial charge in [0.25, 0.3) is 0 Å². The monoisotopic (exact) mass is 306 g/mol. The van der Waals surface area contributed by atoms with Crippen molar-refractivity contribution in [3.8, 4) is 0 Å². The number of rotatable bonds is 5. The van der Waals surface area contributed by atoms with E-state index in [4.69, 9.17) is 0 Å². The molecule has 1 aliphatic carbocycles. The Morgan fingerprint density at radius 1 is 1.09 bits per heavy atom. The van der Waals surface area contributed by atoms with Crippen LogP contribution in [0.1, 0.15) is 43.0 Å². The maximum atomic E-state index is 14.0. The third-order valence-corrected chi connectivity index (χ3v) is 4.04. The van der Waals surface area contributed by atoms with Crippen LogP contribution in [0.5, 0.6) is 0 Å². The molecule has 5 heteroatoms. The second-order valence-corrected chi connectivity index (χ2v) is 5.81. The third kappa shape index (κ3) is 3.30. The normalized spacial score (nSPS) is 17.3. The van der Waals surface area contributed by atoms with E-state index in [2.05, 4.69) is 10.3 Å². The molecule has 1 fully saturated rings. The lowest BCUT2D eigenvalue weighted by Crippen LogP contribution is -2.27. The number of pyridine rings is 1. The van der Waals surface area contributed by atoms with Crippen LogP contribution in [0.4, 0.5) is 13.2 Å². The highest BCUT2D eigenvalue weighted by molar-refractivity contribution is 5.25. The predicted molar refractivity (Wildman–Crippen MR) is 77.6 cm³/mol. The first-order valence-corrected chi connectivity index (χ1v) is 7.36. The fraction of sp³-hybridized carbons (Fsp3) is 0.353. The van der Waals surface area contributed by atoms with Gasteiger partial charge in [-0.05, 0) is 55.5 Å². The number of benzene rings is 1. The molecule has 116 valence electrons. The first-order chi connectivity index (χ1) is 10.5. The molecule has 2 aromatic rings. The highest BCUT2D eigenvalue weighted by atomic mass is 19.1. The van der Waals surface area contributed by atoms with Gasteiger partial charge in [0, 0.05) is 23.8 Å². The van der Waals surface area contributed by atoms with Gasteiger partial charge in [0.05, 0.1) is 6.20 Å². The second-order valence-electron chi connectivity index (χ2n) is 5.81. The maximum absolute atomic E-state index is 14.0. The molecule has 3 rings (SSSR count). The topological polar surface area (TPSA) is 24.9 Å². The Labute approximate surface area is 127 Å². The standard InChI is InChI=1S/C17H17F3N2/c1-10(12-6-14(19)9-21-8-12)22-17(11-2-3-11)15-7-13(18)4-5-16(15)20/h4-11,17,22H,2-3H2,1H3/t10-,17+/m1/s1. The van der Waals surface area contributed by atoms with Gasteiger partial charge in [0.1, 0.15) is 17.5 Å². The van der Waals surface area contributed by atoms with Crippen LogP contribution in [0.2, 0.25) is 0 Å². The van der Waals surface area contributed by atoms with Crippen molar-refractivity contribution in [3.63, 3.8) is 0 Å². The lowest BCUT2D eigenvalue weighted by atomic mass is 9.99. The molecular formula is C17H17F3N2. The summed E-state index contributed by atoms with van der Waals surface area (Å²) in [5, 5.41) is 3.29. The zero-order valence-corrected chi connectivity index (χ0v) is 12.2. The van der Waals surface area contributed by atoms with Gasteiger partial charge in [0.2, 0.25) is 0 Å².